The van der Waals surface area contributed by atoms with Crippen LogP contribution < -0.4 is 0 Å². The Labute approximate surface area is 109 Å². The Bertz CT molecular complexity index is 97.2. The summed E-state index contributed by atoms with van der Waals surface area (Å²) in [4.78, 5) is 0. The average molecular weight is 276 g/mol. The van der Waals surface area contributed by atoms with Crippen molar-refractivity contribution in [1.29, 1.82) is 0 Å². The molecule has 0 aliphatic carbocycles. The summed E-state index contributed by atoms with van der Waals surface area (Å²) >= 11 is 3.24. The summed E-state index contributed by atoms with van der Waals surface area (Å²) in [5.41, 5.74) is 0. The van der Waals surface area contributed by atoms with Crippen LogP contribution >= 0.6 is 0 Å². The first-order chi connectivity index (χ1) is 2.00. The molecule has 8 heavy (non-hydrogen) atoms. The van der Waals surface area contributed by atoms with Crippen LogP contribution in [-0.4, -0.2) is 70.2 Å². The van der Waals surface area contributed by atoms with Crippen molar-refractivity contribution in [2.75, 3.05) is 0 Å². The Kier molecular flexibility index (Phi) is 26.8. The van der Waals surface area contributed by atoms with E-state index in [9.17, 15) is 0 Å². The minimum absolute atomic E-state index is 0. The predicted molar refractivity (Wildman–Crippen MR) is 26.4 cm³/mol. The van der Waals surface area contributed by atoms with E-state index in [2.05, 4.69) is 11.2 Å². The van der Waals surface area contributed by atoms with E-state index in [1.165, 1.54) is 0 Å². The van der Waals surface area contributed by atoms with Gasteiger partial charge in [0.25, 0.3) is 0 Å². The molecule has 49 valence electrons. The van der Waals surface area contributed by atoms with Gasteiger partial charge in [-0.2, -0.15) is 0 Å². The van der Waals surface area contributed by atoms with Crippen LogP contribution in [-0.2, 0) is 40.7 Å². The van der Waals surface area contributed by atoms with Gasteiger partial charge in [-0.25, -0.2) is 0 Å². The van der Waals surface area contributed by atoms with Crippen LogP contribution in [0.25, 0.3) is 0 Å². The van der Waals surface area contributed by atoms with E-state index < -0.39 is 9.05 Å². The minimum atomic E-state index is -4.33. The van der Waals surface area contributed by atoms with Crippen LogP contribution in [0.2, 0.25) is 0 Å². The Balaban J connectivity index is -0.0000000267. The Morgan fingerprint density at radius 1 is 1.38 bits per heavy atom. The zero-order valence-electron chi connectivity index (χ0n) is 3.86. The maximum atomic E-state index is 8.89. The summed E-state index contributed by atoms with van der Waals surface area (Å²) in [5, 5.41) is 0. The standard InChI is InChI=1S/K.H2O3S2.H2O.Pd/c;1-5(2,3)4;;/h;(H2,1,2,3,4);1H2;/q;;;+2/p-2. The third-order valence-electron chi connectivity index (χ3n) is 0. The largest absolute Gasteiger partial charge is 2.00 e. The Hall–Kier alpha value is 2.55. The van der Waals surface area contributed by atoms with E-state index in [1.54, 1.807) is 0 Å². The summed E-state index contributed by atoms with van der Waals surface area (Å²) in [6, 6.07) is 0. The average Bonchev–Trinajstić information content (AvgIpc) is 0.722. The van der Waals surface area contributed by atoms with Gasteiger partial charge in [0.2, 0.25) is 0 Å². The molecule has 0 atom stereocenters. The maximum Gasteiger partial charge on any atom is 2.00 e. The van der Waals surface area contributed by atoms with E-state index in [4.69, 9.17) is 13.3 Å². The third-order valence-corrected chi connectivity index (χ3v) is 0. The third kappa shape index (κ3) is 75.0. The fraction of sp³-hybridized carbons (Fsp3) is 0. The van der Waals surface area contributed by atoms with Crippen LogP contribution in [0.3, 0.4) is 0 Å². The molecule has 0 saturated carbocycles. The van der Waals surface area contributed by atoms with Gasteiger partial charge in [0.1, 0.15) is 0 Å². The number of hydrogen-bond donors (Lipinski definition) is 0. The molecule has 0 spiro atoms. The van der Waals surface area contributed by atoms with Crippen molar-refractivity contribution in [1.82, 2.24) is 0 Å². The SMILES string of the molecule is O.O=S([O-])([O-])=S.[K].[Pd+2]. The van der Waals surface area contributed by atoms with Gasteiger partial charge in [-0.15, -0.1) is 9.05 Å². The summed E-state index contributed by atoms with van der Waals surface area (Å²) in [6.07, 6.45) is 0. The van der Waals surface area contributed by atoms with Crippen molar-refractivity contribution in [2.24, 2.45) is 0 Å². The molecule has 2 N–H and O–H groups in total. The van der Waals surface area contributed by atoms with Crippen molar-refractivity contribution in [3.05, 3.63) is 0 Å². The zero-order chi connectivity index (χ0) is 4.50. The van der Waals surface area contributed by atoms with Gasteiger partial charge in [0.15, 0.2) is 0 Å². The van der Waals surface area contributed by atoms with Gasteiger partial charge < -0.3 is 14.6 Å². The van der Waals surface area contributed by atoms with Crippen molar-refractivity contribution >= 4 is 71.6 Å². The summed E-state index contributed by atoms with van der Waals surface area (Å²) in [5.74, 6) is 0. The maximum absolute atomic E-state index is 8.89. The molecule has 4 nitrogen and oxygen atoms in total. The van der Waals surface area contributed by atoms with Gasteiger partial charge >= 0.3 is 20.4 Å². The Morgan fingerprint density at radius 3 is 1.38 bits per heavy atom. The van der Waals surface area contributed by atoms with E-state index >= 15 is 0 Å². The fourth-order valence-corrected chi connectivity index (χ4v) is 0. The first-order valence-corrected chi connectivity index (χ1v) is 3.00. The molecular weight excluding hydrogens is 274 g/mol. The van der Waals surface area contributed by atoms with Crippen LogP contribution in [0, 0.1) is 0 Å². The van der Waals surface area contributed by atoms with Gasteiger partial charge in [-0.05, 0) is 11.2 Å². The molecule has 8 heteroatoms. The molecule has 0 aromatic carbocycles. The van der Waals surface area contributed by atoms with Crippen molar-refractivity contribution < 1.29 is 39.2 Å². The molecule has 0 rings (SSSR count). The molecule has 1 radical (unpaired) electrons. The molecule has 0 aromatic rings. The van der Waals surface area contributed by atoms with Crippen LogP contribution in [0.15, 0.2) is 0 Å². The molecular formula is H2KO4PdS2. The minimum Gasteiger partial charge on any atom is -0.780 e. The predicted octanol–water partition coefficient (Wildman–Crippen LogP) is -2.21. The second-order valence-corrected chi connectivity index (χ2v) is 2.45. The molecule has 0 bridgehead atoms. The number of hydrogen-bond acceptors (Lipinski definition) is 4. The van der Waals surface area contributed by atoms with E-state index in [0.717, 1.165) is 0 Å². The summed E-state index contributed by atoms with van der Waals surface area (Å²) in [6.45, 7) is 0. The normalized spacial score (nSPS) is 7.25. The summed E-state index contributed by atoms with van der Waals surface area (Å²) < 4.78 is 26.7. The van der Waals surface area contributed by atoms with E-state index in [0.29, 0.717) is 0 Å². The van der Waals surface area contributed by atoms with Crippen molar-refractivity contribution in [2.45, 2.75) is 0 Å². The van der Waals surface area contributed by atoms with Crippen LogP contribution in [0.1, 0.15) is 0 Å². The quantitative estimate of drug-likeness (QED) is 0.468. The molecule has 0 amide bonds. The molecule has 0 aliphatic heterocycles. The zero-order valence-corrected chi connectivity index (χ0v) is 10.2. The second-order valence-electron chi connectivity index (χ2n) is 0.408. The molecule has 0 fully saturated rings. The monoisotopic (exact) mass is 275 g/mol. The van der Waals surface area contributed by atoms with E-state index in [1.807, 2.05) is 0 Å². The van der Waals surface area contributed by atoms with Gasteiger partial charge in [0, 0.05) is 51.4 Å². The van der Waals surface area contributed by atoms with Gasteiger partial charge in [-0.1, -0.05) is 0 Å². The molecule has 0 saturated heterocycles. The van der Waals surface area contributed by atoms with E-state index in [-0.39, 0.29) is 77.3 Å². The fourth-order valence-electron chi connectivity index (χ4n) is 0. The summed E-state index contributed by atoms with van der Waals surface area (Å²) in [7, 11) is -4.33. The molecule has 0 aromatic heterocycles. The molecule has 0 aliphatic rings. The number of rotatable bonds is 0. The molecule has 0 heterocycles. The van der Waals surface area contributed by atoms with Crippen molar-refractivity contribution in [3.63, 3.8) is 0 Å². The molecule has 0 unspecified atom stereocenters. The first-order valence-electron chi connectivity index (χ1n) is 0.667. The smallest absolute Gasteiger partial charge is 0.780 e. The van der Waals surface area contributed by atoms with Crippen LogP contribution in [0.4, 0.5) is 0 Å². The topological polar surface area (TPSA) is 94.7 Å². The van der Waals surface area contributed by atoms with Gasteiger partial charge in [0.05, 0.1) is 0 Å². The Morgan fingerprint density at radius 2 is 1.38 bits per heavy atom. The van der Waals surface area contributed by atoms with Crippen molar-refractivity contribution in [3.8, 4) is 0 Å². The van der Waals surface area contributed by atoms with Crippen LogP contribution in [0.5, 0.6) is 0 Å². The van der Waals surface area contributed by atoms with Gasteiger partial charge in [-0.3, -0.25) is 4.21 Å². The second kappa shape index (κ2) is 9.55. The first kappa shape index (κ1) is 22.4.